The number of benzene rings is 1. The van der Waals surface area contributed by atoms with Crippen molar-refractivity contribution < 1.29 is 9.90 Å². The topological polar surface area (TPSA) is 55.1 Å². The zero-order valence-corrected chi connectivity index (χ0v) is 11.5. The molecule has 0 saturated heterocycles. The Morgan fingerprint density at radius 2 is 1.95 bits per heavy atom. The van der Waals surface area contributed by atoms with Crippen molar-refractivity contribution in [3.63, 3.8) is 0 Å². The Morgan fingerprint density at radius 1 is 1.26 bits per heavy atom. The molecule has 1 N–H and O–H groups in total. The minimum Gasteiger partial charge on any atom is -0.476 e. The number of hydrogen-bond donors (Lipinski definition) is 1. The van der Waals surface area contributed by atoms with E-state index >= 15 is 0 Å². The van der Waals surface area contributed by atoms with E-state index in [-0.39, 0.29) is 5.69 Å². The Bertz CT molecular complexity index is 615. The van der Waals surface area contributed by atoms with Crippen molar-refractivity contribution in [3.05, 3.63) is 52.6 Å². The fourth-order valence-corrected chi connectivity index (χ4v) is 2.26. The van der Waals surface area contributed by atoms with Crippen LogP contribution in [0.15, 0.2) is 24.3 Å². The second-order valence-electron chi connectivity index (χ2n) is 4.74. The van der Waals surface area contributed by atoms with Crippen LogP contribution in [0.5, 0.6) is 0 Å². The number of imidazole rings is 1. The summed E-state index contributed by atoms with van der Waals surface area (Å²) in [5.41, 5.74) is 3.44. The molecule has 0 radical (unpaired) electrons. The number of carboxylic acid groups (broad SMARTS) is 1. The molecule has 2 rings (SSSR count). The number of hydrogen-bond acceptors (Lipinski definition) is 2. The van der Waals surface area contributed by atoms with Crippen LogP contribution in [0.1, 0.15) is 33.1 Å². The van der Waals surface area contributed by atoms with Gasteiger partial charge in [0.2, 0.25) is 0 Å². The molecule has 0 aliphatic heterocycles. The summed E-state index contributed by atoms with van der Waals surface area (Å²) in [6.07, 6.45) is 1.51. The quantitative estimate of drug-likeness (QED) is 0.916. The van der Waals surface area contributed by atoms with Gasteiger partial charge in [-0.15, -0.1) is 0 Å². The first-order valence-corrected chi connectivity index (χ1v) is 6.30. The number of nitrogens with zero attached hydrogens (tertiary/aromatic N) is 2. The van der Waals surface area contributed by atoms with Gasteiger partial charge in [0.1, 0.15) is 5.82 Å². The predicted molar refractivity (Wildman–Crippen MR) is 73.5 cm³/mol. The van der Waals surface area contributed by atoms with Crippen LogP contribution in [0, 0.1) is 13.8 Å². The highest BCUT2D eigenvalue weighted by Gasteiger charge is 2.18. The molecule has 0 bridgehead atoms. The van der Waals surface area contributed by atoms with Crippen molar-refractivity contribution in [1.82, 2.24) is 9.55 Å². The fraction of sp³-hybridized carbons (Fsp3) is 0.333. The lowest BCUT2D eigenvalue weighted by Crippen LogP contribution is -2.07. The summed E-state index contributed by atoms with van der Waals surface area (Å²) in [7, 11) is 1.86. The predicted octanol–water partition coefficient (Wildman–Crippen LogP) is 2.52. The largest absolute Gasteiger partial charge is 0.476 e. The van der Waals surface area contributed by atoms with Crippen LogP contribution in [0.3, 0.4) is 0 Å². The van der Waals surface area contributed by atoms with E-state index in [1.807, 2.05) is 30.7 Å². The van der Waals surface area contributed by atoms with Gasteiger partial charge in [-0.05, 0) is 37.8 Å². The first-order valence-electron chi connectivity index (χ1n) is 6.30. The van der Waals surface area contributed by atoms with Gasteiger partial charge in [0.15, 0.2) is 5.69 Å². The van der Waals surface area contributed by atoms with Crippen molar-refractivity contribution in [1.29, 1.82) is 0 Å². The van der Waals surface area contributed by atoms with Crippen LogP contribution in [-0.4, -0.2) is 20.6 Å². The van der Waals surface area contributed by atoms with E-state index in [1.54, 1.807) is 0 Å². The fourth-order valence-electron chi connectivity index (χ4n) is 2.26. The van der Waals surface area contributed by atoms with E-state index in [1.165, 1.54) is 11.1 Å². The second kappa shape index (κ2) is 5.26. The third-order valence-corrected chi connectivity index (χ3v) is 3.53. The first kappa shape index (κ1) is 13.3. The summed E-state index contributed by atoms with van der Waals surface area (Å²) in [5, 5.41) is 9.18. The summed E-state index contributed by atoms with van der Waals surface area (Å²) in [6, 6.07) is 8.17. The molecule has 0 saturated carbocycles. The molecule has 4 heteroatoms. The molecule has 100 valence electrons. The van der Waals surface area contributed by atoms with Crippen molar-refractivity contribution >= 4 is 5.97 Å². The van der Waals surface area contributed by atoms with Crippen LogP contribution >= 0.6 is 0 Å². The monoisotopic (exact) mass is 258 g/mol. The molecule has 0 aliphatic rings. The Hall–Kier alpha value is -2.10. The number of aromatic carboxylic acids is 1. The maximum absolute atomic E-state index is 11.2. The van der Waals surface area contributed by atoms with Gasteiger partial charge >= 0.3 is 5.97 Å². The number of carboxylic acids is 1. The van der Waals surface area contributed by atoms with Gasteiger partial charge in [-0.3, -0.25) is 0 Å². The SMILES string of the molecule is Cc1ccccc1CCc1c(C(=O)O)nc(C)n1C. The third-order valence-electron chi connectivity index (χ3n) is 3.53. The van der Waals surface area contributed by atoms with Gasteiger partial charge in [0.25, 0.3) is 0 Å². The summed E-state index contributed by atoms with van der Waals surface area (Å²) < 4.78 is 1.86. The Morgan fingerprint density at radius 3 is 2.58 bits per heavy atom. The Kier molecular flexibility index (Phi) is 3.69. The lowest BCUT2D eigenvalue weighted by atomic mass is 10.0. The van der Waals surface area contributed by atoms with Crippen LogP contribution in [0.4, 0.5) is 0 Å². The number of aryl methyl sites for hydroxylation is 3. The molecule has 0 fully saturated rings. The molecule has 1 heterocycles. The lowest BCUT2D eigenvalue weighted by molar-refractivity contribution is 0.0689. The van der Waals surface area contributed by atoms with E-state index in [0.717, 1.165) is 17.9 Å². The smallest absolute Gasteiger partial charge is 0.356 e. The minimum absolute atomic E-state index is 0.175. The zero-order valence-electron chi connectivity index (χ0n) is 11.5. The van der Waals surface area contributed by atoms with Crippen molar-refractivity contribution in [3.8, 4) is 0 Å². The molecule has 0 unspecified atom stereocenters. The van der Waals surface area contributed by atoms with Crippen molar-refractivity contribution in [2.45, 2.75) is 26.7 Å². The molecule has 2 aromatic rings. The summed E-state index contributed by atoms with van der Waals surface area (Å²) in [6.45, 7) is 3.89. The number of aromatic nitrogens is 2. The van der Waals surface area contributed by atoms with Gasteiger partial charge in [-0.25, -0.2) is 9.78 Å². The number of carbonyl (C=O) groups is 1. The van der Waals surface area contributed by atoms with Crippen molar-refractivity contribution in [2.75, 3.05) is 0 Å². The minimum atomic E-state index is -0.955. The summed E-state index contributed by atoms with van der Waals surface area (Å²) in [4.78, 5) is 15.3. The van der Waals surface area contributed by atoms with E-state index in [4.69, 9.17) is 0 Å². The molecule has 1 aromatic carbocycles. The molecule has 1 aromatic heterocycles. The normalized spacial score (nSPS) is 10.7. The summed E-state index contributed by atoms with van der Waals surface area (Å²) >= 11 is 0. The Labute approximate surface area is 112 Å². The lowest BCUT2D eigenvalue weighted by Gasteiger charge is -2.07. The molecule has 19 heavy (non-hydrogen) atoms. The molecule has 0 atom stereocenters. The standard InChI is InChI=1S/C15H18N2O2/c1-10-6-4-5-7-12(10)8-9-13-14(15(18)19)16-11(2)17(13)3/h4-7H,8-9H2,1-3H3,(H,18,19). The van der Waals surface area contributed by atoms with Gasteiger partial charge in [0.05, 0.1) is 5.69 Å². The molecular weight excluding hydrogens is 240 g/mol. The maximum atomic E-state index is 11.2. The summed E-state index contributed by atoms with van der Waals surface area (Å²) in [5.74, 6) is -0.222. The van der Waals surface area contributed by atoms with Gasteiger partial charge in [-0.2, -0.15) is 0 Å². The third kappa shape index (κ3) is 2.67. The van der Waals surface area contributed by atoms with Crippen LogP contribution in [0.2, 0.25) is 0 Å². The van der Waals surface area contributed by atoms with E-state index in [0.29, 0.717) is 6.42 Å². The van der Waals surface area contributed by atoms with E-state index < -0.39 is 5.97 Å². The highest BCUT2D eigenvalue weighted by molar-refractivity contribution is 5.86. The molecule has 0 amide bonds. The van der Waals surface area contributed by atoms with Crippen LogP contribution in [0.25, 0.3) is 0 Å². The van der Waals surface area contributed by atoms with Gasteiger partial charge < -0.3 is 9.67 Å². The van der Waals surface area contributed by atoms with Crippen LogP contribution in [-0.2, 0) is 19.9 Å². The van der Waals surface area contributed by atoms with Crippen molar-refractivity contribution in [2.24, 2.45) is 7.05 Å². The molecule has 4 nitrogen and oxygen atoms in total. The van der Waals surface area contributed by atoms with E-state index in [9.17, 15) is 9.90 Å². The molecule has 0 aliphatic carbocycles. The zero-order chi connectivity index (χ0) is 14.0. The van der Waals surface area contributed by atoms with Crippen LogP contribution < -0.4 is 0 Å². The molecule has 0 spiro atoms. The molecular formula is C15H18N2O2. The van der Waals surface area contributed by atoms with E-state index in [2.05, 4.69) is 24.0 Å². The highest BCUT2D eigenvalue weighted by atomic mass is 16.4. The average Bonchev–Trinajstić information content (AvgIpc) is 2.65. The Balaban J connectivity index is 2.25. The first-order chi connectivity index (χ1) is 9.00. The van der Waals surface area contributed by atoms with Gasteiger partial charge in [0, 0.05) is 7.05 Å². The highest BCUT2D eigenvalue weighted by Crippen LogP contribution is 2.15. The maximum Gasteiger partial charge on any atom is 0.356 e. The van der Waals surface area contributed by atoms with Gasteiger partial charge in [-0.1, -0.05) is 24.3 Å². The second-order valence-corrected chi connectivity index (χ2v) is 4.74. The average molecular weight is 258 g/mol. The number of rotatable bonds is 4.